The van der Waals surface area contributed by atoms with Gasteiger partial charge in [-0.15, -0.1) is 0 Å². The van der Waals surface area contributed by atoms with Gasteiger partial charge in [-0.05, 0) is 43.5 Å². The Morgan fingerprint density at radius 1 is 1.42 bits per heavy atom. The van der Waals surface area contributed by atoms with Gasteiger partial charge in [-0.1, -0.05) is 0 Å². The van der Waals surface area contributed by atoms with Crippen molar-refractivity contribution in [2.75, 3.05) is 13.1 Å². The van der Waals surface area contributed by atoms with E-state index < -0.39 is 0 Å². The Kier molecular flexibility index (Phi) is 3.94. The van der Waals surface area contributed by atoms with E-state index in [1.165, 1.54) is 0 Å². The SMILES string of the molecule is Cc1nc2c(c(C)c1CC(=O)N1CCC(c3ccco3)C1)c(=O)[nH]n2C. The van der Waals surface area contributed by atoms with Gasteiger partial charge < -0.3 is 9.32 Å². The molecule has 1 aliphatic rings. The topological polar surface area (TPSA) is 84.1 Å². The van der Waals surface area contributed by atoms with Crippen molar-refractivity contribution in [3.63, 3.8) is 0 Å². The molecule has 0 saturated carbocycles. The van der Waals surface area contributed by atoms with Gasteiger partial charge in [-0.2, -0.15) is 0 Å². The van der Waals surface area contributed by atoms with Crippen molar-refractivity contribution in [1.82, 2.24) is 19.7 Å². The van der Waals surface area contributed by atoms with Crippen LogP contribution in [0, 0.1) is 13.8 Å². The first kappa shape index (κ1) is 16.6. The minimum Gasteiger partial charge on any atom is -0.469 e. The second-order valence-electron chi connectivity index (χ2n) is 7.02. The monoisotopic (exact) mass is 354 g/mol. The standard InChI is InChI=1S/C19H22N4O3/c1-11-14(12(2)20-18-17(11)19(25)21-22(18)3)9-16(24)23-7-6-13(10-23)15-5-4-8-26-15/h4-5,8,13H,6-7,9-10H2,1-3H3,(H,21,25). The van der Waals surface area contributed by atoms with Crippen LogP contribution in [0.25, 0.3) is 11.0 Å². The number of H-pyrrole nitrogens is 1. The van der Waals surface area contributed by atoms with Crippen LogP contribution in [-0.4, -0.2) is 38.7 Å². The van der Waals surface area contributed by atoms with Crippen LogP contribution < -0.4 is 5.56 Å². The number of fused-ring (bicyclic) bond motifs is 1. The Hall–Kier alpha value is -2.83. The van der Waals surface area contributed by atoms with Crippen LogP contribution in [0.3, 0.4) is 0 Å². The van der Waals surface area contributed by atoms with Gasteiger partial charge in [0.05, 0.1) is 18.1 Å². The lowest BCUT2D eigenvalue weighted by Crippen LogP contribution is -2.30. The maximum atomic E-state index is 12.8. The molecule has 136 valence electrons. The van der Waals surface area contributed by atoms with Crippen molar-refractivity contribution < 1.29 is 9.21 Å². The number of carbonyl (C=O) groups is 1. The number of hydrogen-bond acceptors (Lipinski definition) is 4. The maximum absolute atomic E-state index is 12.8. The lowest BCUT2D eigenvalue weighted by Gasteiger charge is -2.18. The fraction of sp³-hybridized carbons (Fsp3) is 0.421. The smallest absolute Gasteiger partial charge is 0.273 e. The Bertz CT molecular complexity index is 1030. The third kappa shape index (κ3) is 2.64. The normalized spacial score (nSPS) is 17.3. The fourth-order valence-corrected chi connectivity index (χ4v) is 3.91. The Morgan fingerprint density at radius 2 is 2.23 bits per heavy atom. The molecule has 7 nitrogen and oxygen atoms in total. The summed E-state index contributed by atoms with van der Waals surface area (Å²) in [4.78, 5) is 31.4. The van der Waals surface area contributed by atoms with E-state index in [1.54, 1.807) is 18.0 Å². The van der Waals surface area contributed by atoms with Crippen LogP contribution in [0.1, 0.15) is 34.9 Å². The molecule has 0 aromatic carbocycles. The van der Waals surface area contributed by atoms with E-state index in [4.69, 9.17) is 4.42 Å². The largest absolute Gasteiger partial charge is 0.469 e. The van der Waals surface area contributed by atoms with Crippen molar-refractivity contribution in [3.8, 4) is 0 Å². The summed E-state index contributed by atoms with van der Waals surface area (Å²) >= 11 is 0. The highest BCUT2D eigenvalue weighted by atomic mass is 16.3. The van der Waals surface area contributed by atoms with E-state index in [9.17, 15) is 9.59 Å². The van der Waals surface area contributed by atoms with Crippen molar-refractivity contribution in [3.05, 3.63) is 51.3 Å². The summed E-state index contributed by atoms with van der Waals surface area (Å²) in [6.07, 6.45) is 2.84. The van der Waals surface area contributed by atoms with Gasteiger partial charge in [0, 0.05) is 31.7 Å². The molecule has 1 unspecified atom stereocenters. The first-order chi connectivity index (χ1) is 12.5. The van der Waals surface area contributed by atoms with Crippen molar-refractivity contribution in [2.24, 2.45) is 7.05 Å². The van der Waals surface area contributed by atoms with Gasteiger partial charge in [0.2, 0.25) is 5.91 Å². The average Bonchev–Trinajstić information content (AvgIpc) is 3.32. The van der Waals surface area contributed by atoms with E-state index >= 15 is 0 Å². The summed E-state index contributed by atoms with van der Waals surface area (Å²) in [6.45, 7) is 5.18. The van der Waals surface area contributed by atoms with Crippen LogP contribution in [0.5, 0.6) is 0 Å². The summed E-state index contributed by atoms with van der Waals surface area (Å²) in [5, 5.41) is 3.30. The predicted molar refractivity (Wildman–Crippen MR) is 97.2 cm³/mol. The van der Waals surface area contributed by atoms with Crippen LogP contribution in [0.2, 0.25) is 0 Å². The molecule has 1 N–H and O–H groups in total. The highest BCUT2D eigenvalue weighted by molar-refractivity contribution is 5.84. The first-order valence-electron chi connectivity index (χ1n) is 8.81. The number of nitrogens with one attached hydrogen (secondary N) is 1. The lowest BCUT2D eigenvalue weighted by atomic mass is 10.0. The minimum atomic E-state index is -0.166. The molecule has 0 radical (unpaired) electrons. The number of aromatic amines is 1. The van der Waals surface area contributed by atoms with Crippen LogP contribution >= 0.6 is 0 Å². The number of likely N-dealkylation sites (tertiary alicyclic amines) is 1. The molecule has 4 rings (SSSR count). The molecule has 0 aliphatic carbocycles. The Morgan fingerprint density at radius 3 is 2.96 bits per heavy atom. The molecule has 1 atom stereocenters. The van der Waals surface area contributed by atoms with E-state index in [-0.39, 0.29) is 23.8 Å². The van der Waals surface area contributed by atoms with Crippen LogP contribution in [0.4, 0.5) is 0 Å². The van der Waals surface area contributed by atoms with Crippen molar-refractivity contribution in [1.29, 1.82) is 0 Å². The van der Waals surface area contributed by atoms with Crippen molar-refractivity contribution in [2.45, 2.75) is 32.6 Å². The molecule has 4 heterocycles. The molecular formula is C19H22N4O3. The minimum absolute atomic E-state index is 0.0683. The fourth-order valence-electron chi connectivity index (χ4n) is 3.91. The highest BCUT2D eigenvalue weighted by Gasteiger charge is 2.29. The number of amides is 1. The van der Waals surface area contributed by atoms with Crippen molar-refractivity contribution >= 4 is 16.9 Å². The Labute approximate surface area is 150 Å². The number of carbonyl (C=O) groups excluding carboxylic acids is 1. The molecule has 0 spiro atoms. The summed E-state index contributed by atoms with van der Waals surface area (Å²) < 4.78 is 7.10. The second kappa shape index (κ2) is 6.16. The van der Waals surface area contributed by atoms with Gasteiger partial charge >= 0.3 is 0 Å². The molecule has 1 saturated heterocycles. The summed E-state index contributed by atoms with van der Waals surface area (Å²) in [5.41, 5.74) is 2.94. The van der Waals surface area contributed by atoms with Gasteiger partial charge in [-0.3, -0.25) is 19.4 Å². The summed E-state index contributed by atoms with van der Waals surface area (Å²) in [5.74, 6) is 1.26. The number of furan rings is 1. The Balaban J connectivity index is 1.58. The maximum Gasteiger partial charge on any atom is 0.273 e. The summed E-state index contributed by atoms with van der Waals surface area (Å²) in [6, 6.07) is 3.84. The molecule has 1 fully saturated rings. The van der Waals surface area contributed by atoms with E-state index in [1.807, 2.05) is 30.9 Å². The number of hydrogen-bond donors (Lipinski definition) is 1. The zero-order valence-electron chi connectivity index (χ0n) is 15.2. The lowest BCUT2D eigenvalue weighted by molar-refractivity contribution is -0.129. The van der Waals surface area contributed by atoms with Crippen LogP contribution in [0.15, 0.2) is 27.6 Å². The molecule has 1 aliphatic heterocycles. The molecule has 26 heavy (non-hydrogen) atoms. The highest BCUT2D eigenvalue weighted by Crippen LogP contribution is 2.28. The third-order valence-electron chi connectivity index (χ3n) is 5.39. The van der Waals surface area contributed by atoms with Gasteiger partial charge in [0.15, 0.2) is 5.65 Å². The van der Waals surface area contributed by atoms with E-state index in [0.29, 0.717) is 17.6 Å². The summed E-state index contributed by atoms with van der Waals surface area (Å²) in [7, 11) is 1.76. The zero-order chi connectivity index (χ0) is 18.4. The number of rotatable bonds is 3. The predicted octanol–water partition coefficient (Wildman–Crippen LogP) is 2.03. The molecule has 7 heteroatoms. The third-order valence-corrected chi connectivity index (χ3v) is 5.39. The second-order valence-corrected chi connectivity index (χ2v) is 7.02. The number of aryl methyl sites for hydroxylation is 3. The molecule has 3 aromatic rings. The molecule has 3 aromatic heterocycles. The van der Waals surface area contributed by atoms with Gasteiger partial charge in [0.25, 0.3) is 5.56 Å². The molecule has 1 amide bonds. The molecular weight excluding hydrogens is 332 g/mol. The number of pyridine rings is 1. The molecule has 0 bridgehead atoms. The number of nitrogens with zero attached hydrogens (tertiary/aromatic N) is 3. The van der Waals surface area contributed by atoms with Gasteiger partial charge in [0.1, 0.15) is 5.76 Å². The van der Waals surface area contributed by atoms with Crippen LogP contribution in [-0.2, 0) is 18.3 Å². The number of aromatic nitrogens is 3. The quantitative estimate of drug-likeness (QED) is 0.780. The first-order valence-corrected chi connectivity index (χ1v) is 8.81. The zero-order valence-corrected chi connectivity index (χ0v) is 15.2. The van der Waals surface area contributed by atoms with E-state index in [2.05, 4.69) is 10.1 Å². The van der Waals surface area contributed by atoms with E-state index in [0.717, 1.165) is 35.5 Å². The average molecular weight is 354 g/mol. The van der Waals surface area contributed by atoms with Gasteiger partial charge in [-0.25, -0.2) is 4.98 Å².